The molecule has 7 aromatic rings. The van der Waals surface area contributed by atoms with Gasteiger partial charge in [0.15, 0.2) is 17.1 Å². The lowest BCUT2D eigenvalue weighted by atomic mass is 10.0. The zero-order chi connectivity index (χ0) is 34.6. The highest BCUT2D eigenvalue weighted by molar-refractivity contribution is 9.10. The molecule has 0 fully saturated rings. The molecular weight excluding hydrogens is 756 g/mol. The van der Waals surface area contributed by atoms with Crippen LogP contribution in [0.1, 0.15) is 51.7 Å². The lowest BCUT2D eigenvalue weighted by Crippen LogP contribution is -2.21. The first-order valence-electron chi connectivity index (χ1n) is 17.3. The van der Waals surface area contributed by atoms with Gasteiger partial charge in [-0.05, 0) is 111 Å². The Morgan fingerprint density at radius 1 is 0.600 bits per heavy atom. The van der Waals surface area contributed by atoms with Crippen molar-refractivity contribution in [3.63, 3.8) is 0 Å². The lowest BCUT2D eigenvalue weighted by molar-refractivity contribution is 0.128. The number of aromatic nitrogens is 2. The van der Waals surface area contributed by atoms with Gasteiger partial charge in [-0.25, -0.2) is 0 Å². The molecule has 2 heterocycles. The Balaban J connectivity index is 1.33. The van der Waals surface area contributed by atoms with E-state index in [-0.39, 0.29) is 10.9 Å². The number of unbranched alkanes of at least 4 members (excludes halogenated alkanes) is 3. The van der Waals surface area contributed by atoms with E-state index in [1.54, 1.807) is 0 Å². The maximum atomic E-state index is 14.3. The Labute approximate surface area is 307 Å². The first kappa shape index (κ1) is 34.1. The average molecular weight is 795 g/mol. The van der Waals surface area contributed by atoms with E-state index in [0.29, 0.717) is 40.2 Å². The molecule has 0 radical (unpaired) electrons. The van der Waals surface area contributed by atoms with Gasteiger partial charge >= 0.3 is 0 Å². The van der Waals surface area contributed by atoms with Crippen LogP contribution in [0.4, 0.5) is 0 Å². The Morgan fingerprint density at radius 2 is 1.18 bits per heavy atom. The summed E-state index contributed by atoms with van der Waals surface area (Å²) in [5, 5.41) is 2.46. The van der Waals surface area contributed by atoms with E-state index in [9.17, 15) is 9.59 Å². The van der Waals surface area contributed by atoms with Crippen molar-refractivity contribution < 1.29 is 9.47 Å². The van der Waals surface area contributed by atoms with E-state index < -0.39 is 6.23 Å². The molecule has 1 atom stereocenters. The second-order valence-electron chi connectivity index (χ2n) is 12.6. The lowest BCUT2D eigenvalue weighted by Gasteiger charge is -2.26. The number of rotatable bonds is 13. The largest absolute Gasteiger partial charge is 0.494 e. The van der Waals surface area contributed by atoms with Crippen molar-refractivity contribution in [2.45, 2.75) is 58.2 Å². The van der Waals surface area contributed by atoms with Gasteiger partial charge in [0.05, 0.1) is 28.7 Å². The van der Waals surface area contributed by atoms with E-state index in [4.69, 9.17) is 9.47 Å². The molecule has 6 nitrogen and oxygen atoms in total. The molecular formula is C42H38Br2N2O4. The van der Waals surface area contributed by atoms with Gasteiger partial charge < -0.3 is 18.6 Å². The second-order valence-corrected chi connectivity index (χ2v) is 14.5. The monoisotopic (exact) mass is 792 g/mol. The van der Waals surface area contributed by atoms with Gasteiger partial charge in [-0.3, -0.25) is 9.59 Å². The van der Waals surface area contributed by atoms with E-state index >= 15 is 0 Å². The van der Waals surface area contributed by atoms with Gasteiger partial charge in [0.1, 0.15) is 11.5 Å². The molecule has 8 heteroatoms. The minimum absolute atomic E-state index is 0.0391. The molecule has 0 aliphatic carbocycles. The van der Waals surface area contributed by atoms with Crippen LogP contribution >= 0.6 is 31.9 Å². The van der Waals surface area contributed by atoms with Gasteiger partial charge in [0.25, 0.3) is 0 Å². The summed E-state index contributed by atoms with van der Waals surface area (Å²) in [6, 6.07) is 35.1. The molecule has 0 saturated heterocycles. The van der Waals surface area contributed by atoms with Crippen LogP contribution in [0.25, 0.3) is 43.6 Å². The fourth-order valence-corrected chi connectivity index (χ4v) is 7.33. The first-order valence-corrected chi connectivity index (χ1v) is 18.8. The smallest absolute Gasteiger partial charge is 0.197 e. The van der Waals surface area contributed by atoms with Crippen LogP contribution in [0.3, 0.4) is 0 Å². The average Bonchev–Trinajstić information content (AvgIpc) is 3.14. The number of hydrogen-bond acceptors (Lipinski definition) is 4. The third-order valence-electron chi connectivity index (χ3n) is 9.29. The van der Waals surface area contributed by atoms with Crippen LogP contribution in [0.2, 0.25) is 0 Å². The number of fused-ring (bicyclic) bond motifs is 4. The van der Waals surface area contributed by atoms with Crippen LogP contribution in [-0.4, -0.2) is 15.7 Å². The van der Waals surface area contributed by atoms with Crippen molar-refractivity contribution in [3.05, 3.63) is 139 Å². The summed E-state index contributed by atoms with van der Waals surface area (Å²) < 4.78 is 19.0. The van der Waals surface area contributed by atoms with Gasteiger partial charge in [0, 0.05) is 43.5 Å². The highest BCUT2D eigenvalue weighted by Crippen LogP contribution is 2.32. The Morgan fingerprint density at radius 3 is 1.86 bits per heavy atom. The summed E-state index contributed by atoms with van der Waals surface area (Å²) in [6.07, 6.45) is 5.02. The summed E-state index contributed by atoms with van der Waals surface area (Å²) in [5.41, 5.74) is 3.03. The predicted octanol–water partition coefficient (Wildman–Crippen LogP) is 11.2. The SMILES string of the molecule is CCCCC(Oc1ccc(Br)cc1)n1c2ccccc2c(=O)c2cc3c(cc21)c(=O)c1ccccc1n3CCCCCOc1ccc(Br)cc1. The van der Waals surface area contributed by atoms with E-state index in [1.807, 2.05) is 109 Å². The zero-order valence-corrected chi connectivity index (χ0v) is 31.1. The third kappa shape index (κ3) is 6.96. The number of para-hydroxylation sites is 2. The minimum atomic E-state index is -0.399. The van der Waals surface area contributed by atoms with Crippen molar-refractivity contribution in [1.82, 2.24) is 9.13 Å². The topological polar surface area (TPSA) is 62.5 Å². The molecule has 0 bridgehead atoms. The molecule has 0 aliphatic rings. The van der Waals surface area contributed by atoms with Crippen LogP contribution in [0, 0.1) is 0 Å². The number of nitrogens with zero attached hydrogens (tertiary/aromatic N) is 2. The Kier molecular flexibility index (Phi) is 10.4. The highest BCUT2D eigenvalue weighted by atomic mass is 79.9. The van der Waals surface area contributed by atoms with E-state index in [1.165, 1.54) is 0 Å². The van der Waals surface area contributed by atoms with Crippen molar-refractivity contribution in [2.24, 2.45) is 0 Å². The Bertz CT molecular complexity index is 2420. The van der Waals surface area contributed by atoms with E-state index in [0.717, 1.165) is 75.5 Å². The number of aryl methyl sites for hydroxylation is 1. The van der Waals surface area contributed by atoms with Crippen molar-refractivity contribution in [2.75, 3.05) is 6.61 Å². The molecule has 254 valence electrons. The molecule has 50 heavy (non-hydrogen) atoms. The van der Waals surface area contributed by atoms with Gasteiger partial charge in [-0.15, -0.1) is 0 Å². The first-order chi connectivity index (χ1) is 24.4. The van der Waals surface area contributed by atoms with Crippen molar-refractivity contribution in [3.8, 4) is 11.5 Å². The predicted molar refractivity (Wildman–Crippen MR) is 212 cm³/mol. The molecule has 0 saturated carbocycles. The third-order valence-corrected chi connectivity index (χ3v) is 10.3. The van der Waals surface area contributed by atoms with Crippen LogP contribution in [-0.2, 0) is 6.54 Å². The second kappa shape index (κ2) is 15.2. The summed E-state index contributed by atoms with van der Waals surface area (Å²) in [7, 11) is 0. The number of benzene rings is 5. The van der Waals surface area contributed by atoms with Gasteiger partial charge in [-0.1, -0.05) is 69.5 Å². The number of ether oxygens (including phenoxy) is 2. The van der Waals surface area contributed by atoms with Crippen LogP contribution < -0.4 is 20.3 Å². The maximum absolute atomic E-state index is 14.3. The summed E-state index contributed by atoms with van der Waals surface area (Å²) in [5.74, 6) is 1.59. The summed E-state index contributed by atoms with van der Waals surface area (Å²) in [6.45, 7) is 3.50. The van der Waals surface area contributed by atoms with Gasteiger partial charge in [0.2, 0.25) is 0 Å². The fraction of sp³-hybridized carbons (Fsp3) is 0.238. The van der Waals surface area contributed by atoms with Crippen LogP contribution in [0.5, 0.6) is 11.5 Å². The van der Waals surface area contributed by atoms with E-state index in [2.05, 4.69) is 47.9 Å². The number of hydrogen-bond donors (Lipinski definition) is 0. The van der Waals surface area contributed by atoms with Crippen molar-refractivity contribution >= 4 is 75.5 Å². The highest BCUT2D eigenvalue weighted by Gasteiger charge is 2.22. The van der Waals surface area contributed by atoms with Gasteiger partial charge in [-0.2, -0.15) is 0 Å². The van der Waals surface area contributed by atoms with Crippen molar-refractivity contribution in [1.29, 1.82) is 0 Å². The summed E-state index contributed by atoms with van der Waals surface area (Å²) >= 11 is 6.99. The van der Waals surface area contributed by atoms with Crippen LogP contribution in [0.15, 0.2) is 128 Å². The standard InChI is InChI=1S/C42H38Br2N2O4/c1-2-3-15-40(50-31-22-18-29(44)19-23-31)46-37-14-8-6-12-33(37)42(48)35-26-38-34(27-39(35)46)41(47)32-11-5-7-13-36(32)45(38)24-9-4-10-25-49-30-20-16-28(43)17-21-30/h5-8,11-14,16-23,26-27,40H,2-4,9-10,15,24-25H2,1H3. The zero-order valence-electron chi connectivity index (χ0n) is 27.9. The number of pyridine rings is 2. The summed E-state index contributed by atoms with van der Waals surface area (Å²) in [4.78, 5) is 28.5. The fourth-order valence-electron chi connectivity index (χ4n) is 6.80. The quantitative estimate of drug-likeness (QED) is 0.0862. The molecule has 0 aliphatic heterocycles. The molecule has 1 unspecified atom stereocenters. The minimum Gasteiger partial charge on any atom is -0.494 e. The molecule has 7 rings (SSSR count). The molecule has 0 spiro atoms. The Hall–Kier alpha value is -4.40. The number of halogens is 2. The maximum Gasteiger partial charge on any atom is 0.197 e. The molecule has 0 N–H and O–H groups in total. The molecule has 5 aromatic carbocycles. The molecule has 0 amide bonds. The normalized spacial score (nSPS) is 12.2. The molecule has 2 aromatic heterocycles.